The van der Waals surface area contributed by atoms with Crippen LogP contribution in [-0.2, 0) is 4.79 Å². The van der Waals surface area contributed by atoms with E-state index >= 15 is 0 Å². The second-order valence-corrected chi connectivity index (χ2v) is 9.46. The number of thiophene rings is 1. The Bertz CT molecular complexity index is 1100. The number of halogens is 1. The first-order valence-corrected chi connectivity index (χ1v) is 12.3. The second-order valence-electron chi connectivity index (χ2n) is 8.51. The molecule has 34 heavy (non-hydrogen) atoms. The molecule has 0 radical (unpaired) electrons. The molecule has 0 bridgehead atoms. The average molecular weight is 482 g/mol. The van der Waals surface area contributed by atoms with Gasteiger partial charge in [0.1, 0.15) is 12.4 Å². The maximum absolute atomic E-state index is 13.2. The van der Waals surface area contributed by atoms with Crippen molar-refractivity contribution in [1.82, 2.24) is 20.0 Å². The van der Waals surface area contributed by atoms with Crippen molar-refractivity contribution in [2.24, 2.45) is 0 Å². The van der Waals surface area contributed by atoms with Crippen LogP contribution in [0.1, 0.15) is 29.9 Å². The summed E-state index contributed by atoms with van der Waals surface area (Å²) in [5.74, 6) is 0.311. The molecule has 1 saturated heterocycles. The molecule has 0 unspecified atom stereocenters. The van der Waals surface area contributed by atoms with Crippen molar-refractivity contribution in [3.63, 3.8) is 0 Å². The number of carbonyl (C=O) groups is 2. The molecule has 4 rings (SSSR count). The summed E-state index contributed by atoms with van der Waals surface area (Å²) in [6, 6.07) is 13.5. The summed E-state index contributed by atoms with van der Waals surface area (Å²) in [4.78, 5) is 32.1. The minimum atomic E-state index is -0.288. The smallest absolute Gasteiger partial charge is 0.264 e. The lowest BCUT2D eigenvalue weighted by Gasteiger charge is -2.29. The van der Waals surface area contributed by atoms with Gasteiger partial charge in [0.25, 0.3) is 5.91 Å². The van der Waals surface area contributed by atoms with Crippen molar-refractivity contribution in [2.75, 3.05) is 37.6 Å². The molecule has 7 nitrogen and oxygen atoms in total. The van der Waals surface area contributed by atoms with E-state index in [9.17, 15) is 14.0 Å². The molecule has 3 aromatic rings. The number of nitrogens with zero attached hydrogens (tertiary/aromatic N) is 5. The molecule has 0 N–H and O–H groups in total. The van der Waals surface area contributed by atoms with Crippen LogP contribution in [0.2, 0.25) is 0 Å². The molecule has 2 amide bonds. The zero-order chi connectivity index (χ0) is 24.1. The quantitative estimate of drug-likeness (QED) is 0.534. The molecule has 0 saturated carbocycles. The van der Waals surface area contributed by atoms with Gasteiger partial charge in [0.05, 0.1) is 10.6 Å². The fourth-order valence-corrected chi connectivity index (χ4v) is 4.62. The third-order valence-electron chi connectivity index (χ3n) is 5.88. The number of amides is 2. The molecule has 3 heterocycles. The van der Waals surface area contributed by atoms with E-state index in [1.165, 1.54) is 23.5 Å². The monoisotopic (exact) mass is 481 g/mol. The second kappa shape index (κ2) is 10.7. The Hall–Kier alpha value is -3.33. The fraction of sp³-hybridized carbons (Fsp3) is 0.360. The molecule has 1 aliphatic rings. The van der Waals surface area contributed by atoms with Gasteiger partial charge >= 0.3 is 0 Å². The van der Waals surface area contributed by atoms with Crippen molar-refractivity contribution in [2.45, 2.75) is 26.3 Å². The predicted molar refractivity (Wildman–Crippen MR) is 131 cm³/mol. The van der Waals surface area contributed by atoms with Crippen molar-refractivity contribution >= 4 is 29.0 Å². The molecule has 0 spiro atoms. The van der Waals surface area contributed by atoms with Crippen LogP contribution in [0.4, 0.5) is 10.2 Å². The summed E-state index contributed by atoms with van der Waals surface area (Å²) in [6.07, 6.45) is 0.799. The van der Waals surface area contributed by atoms with Gasteiger partial charge in [0.15, 0.2) is 5.82 Å². The number of hydrogen-bond donors (Lipinski definition) is 0. The Labute approximate surface area is 202 Å². The molecule has 2 aromatic heterocycles. The standard InChI is InChI=1S/C25H28FN5O2S/c1-18(2)31(25(33)22-5-3-16-34-22)17-24(32)30-13-4-12-29(14-15-30)23-11-10-21(27-28-23)19-6-8-20(26)9-7-19/h3,5-11,16,18H,4,12-15,17H2,1-2H3. The summed E-state index contributed by atoms with van der Waals surface area (Å²) in [5.41, 5.74) is 1.49. The van der Waals surface area contributed by atoms with Crippen LogP contribution in [0.15, 0.2) is 53.9 Å². The zero-order valence-electron chi connectivity index (χ0n) is 19.4. The number of aromatic nitrogens is 2. The summed E-state index contributed by atoms with van der Waals surface area (Å²) < 4.78 is 13.2. The maximum Gasteiger partial charge on any atom is 0.264 e. The van der Waals surface area contributed by atoms with E-state index in [4.69, 9.17) is 0 Å². The van der Waals surface area contributed by atoms with E-state index in [0.717, 1.165) is 24.3 Å². The van der Waals surface area contributed by atoms with Crippen LogP contribution in [-0.4, -0.2) is 70.6 Å². The third kappa shape index (κ3) is 5.59. The van der Waals surface area contributed by atoms with Crippen molar-refractivity contribution < 1.29 is 14.0 Å². The van der Waals surface area contributed by atoms with Gasteiger partial charge in [-0.05, 0) is 68.1 Å². The lowest BCUT2D eigenvalue weighted by molar-refractivity contribution is -0.132. The summed E-state index contributed by atoms with van der Waals surface area (Å²) in [6.45, 7) is 6.51. The molecule has 1 fully saturated rings. The Balaban J connectivity index is 1.37. The number of hydrogen-bond acceptors (Lipinski definition) is 6. The topological polar surface area (TPSA) is 69.6 Å². The van der Waals surface area contributed by atoms with Crippen LogP contribution in [0.5, 0.6) is 0 Å². The Kier molecular flexibility index (Phi) is 7.52. The fourth-order valence-electron chi connectivity index (χ4n) is 3.94. The predicted octanol–water partition coefficient (Wildman–Crippen LogP) is 3.93. The average Bonchev–Trinajstić information content (AvgIpc) is 3.27. The summed E-state index contributed by atoms with van der Waals surface area (Å²) in [5, 5.41) is 10.5. The molecule has 178 valence electrons. The van der Waals surface area contributed by atoms with Crippen molar-refractivity contribution in [3.8, 4) is 11.3 Å². The molecular formula is C25H28FN5O2S. The van der Waals surface area contributed by atoms with Gasteiger partial charge in [-0.2, -0.15) is 0 Å². The zero-order valence-corrected chi connectivity index (χ0v) is 20.2. The number of carbonyl (C=O) groups excluding carboxylic acids is 2. The molecule has 1 aliphatic heterocycles. The molecular weight excluding hydrogens is 453 g/mol. The van der Waals surface area contributed by atoms with Crippen LogP contribution in [0.3, 0.4) is 0 Å². The minimum absolute atomic E-state index is 0.0433. The first-order chi connectivity index (χ1) is 16.4. The molecule has 9 heteroatoms. The van der Waals surface area contributed by atoms with Crippen LogP contribution >= 0.6 is 11.3 Å². The van der Waals surface area contributed by atoms with E-state index < -0.39 is 0 Å². The maximum atomic E-state index is 13.2. The Morgan fingerprint density at radius 3 is 2.47 bits per heavy atom. The lowest BCUT2D eigenvalue weighted by Crippen LogP contribution is -2.46. The van der Waals surface area contributed by atoms with Gasteiger partial charge in [0, 0.05) is 37.8 Å². The van der Waals surface area contributed by atoms with Crippen molar-refractivity contribution in [3.05, 3.63) is 64.6 Å². The van der Waals surface area contributed by atoms with Gasteiger partial charge in [0.2, 0.25) is 5.91 Å². The first-order valence-electron chi connectivity index (χ1n) is 11.4. The lowest BCUT2D eigenvalue weighted by atomic mass is 10.1. The third-order valence-corrected chi connectivity index (χ3v) is 6.74. The number of rotatable bonds is 6. The highest BCUT2D eigenvalue weighted by molar-refractivity contribution is 7.12. The van der Waals surface area contributed by atoms with Crippen LogP contribution in [0.25, 0.3) is 11.3 Å². The number of anilines is 1. The number of benzene rings is 1. The largest absolute Gasteiger partial charge is 0.353 e. The van der Waals surface area contributed by atoms with E-state index in [1.807, 2.05) is 42.3 Å². The van der Waals surface area contributed by atoms with E-state index in [-0.39, 0.29) is 30.2 Å². The SMILES string of the molecule is CC(C)N(CC(=O)N1CCCN(c2ccc(-c3ccc(F)cc3)nn2)CC1)C(=O)c1cccs1. The Morgan fingerprint density at radius 1 is 1.03 bits per heavy atom. The highest BCUT2D eigenvalue weighted by Gasteiger charge is 2.26. The van der Waals surface area contributed by atoms with E-state index in [0.29, 0.717) is 30.2 Å². The van der Waals surface area contributed by atoms with Crippen LogP contribution < -0.4 is 4.90 Å². The van der Waals surface area contributed by atoms with Gasteiger partial charge in [-0.3, -0.25) is 9.59 Å². The normalized spacial score (nSPS) is 14.2. The Morgan fingerprint density at radius 2 is 1.82 bits per heavy atom. The summed E-state index contributed by atoms with van der Waals surface area (Å²) in [7, 11) is 0. The van der Waals surface area contributed by atoms with Gasteiger partial charge in [-0.25, -0.2) is 4.39 Å². The molecule has 0 aliphatic carbocycles. The van der Waals surface area contributed by atoms with E-state index in [2.05, 4.69) is 15.1 Å². The van der Waals surface area contributed by atoms with Crippen molar-refractivity contribution in [1.29, 1.82) is 0 Å². The van der Waals surface area contributed by atoms with Gasteiger partial charge < -0.3 is 14.7 Å². The van der Waals surface area contributed by atoms with Gasteiger partial charge in [-0.15, -0.1) is 21.5 Å². The summed E-state index contributed by atoms with van der Waals surface area (Å²) >= 11 is 1.39. The van der Waals surface area contributed by atoms with Crippen LogP contribution in [0, 0.1) is 5.82 Å². The van der Waals surface area contributed by atoms with E-state index in [1.54, 1.807) is 23.1 Å². The molecule has 0 atom stereocenters. The highest BCUT2D eigenvalue weighted by Crippen LogP contribution is 2.20. The minimum Gasteiger partial charge on any atom is -0.353 e. The molecule has 1 aromatic carbocycles. The van der Waals surface area contributed by atoms with Gasteiger partial charge in [-0.1, -0.05) is 6.07 Å². The highest BCUT2D eigenvalue weighted by atomic mass is 32.1. The first kappa shape index (κ1) is 23.8.